The molecule has 0 spiro atoms. The molecule has 1 aromatic carbocycles. The predicted octanol–water partition coefficient (Wildman–Crippen LogP) is 0.414. The van der Waals surface area contributed by atoms with Crippen LogP contribution >= 0.6 is 0 Å². The lowest BCUT2D eigenvalue weighted by atomic mass is 10.0. The molecular weight excluding hydrogens is 248 g/mol. The molecule has 1 aromatic rings. The molecule has 0 aromatic heterocycles. The molecule has 0 radical (unpaired) electrons. The number of carbonyl (C=O) groups excluding carboxylic acids is 1. The zero-order valence-electron chi connectivity index (χ0n) is 11.3. The quantitative estimate of drug-likeness (QED) is 0.753. The molecule has 2 rings (SSSR count). The lowest BCUT2D eigenvalue weighted by Crippen LogP contribution is -2.33. The summed E-state index contributed by atoms with van der Waals surface area (Å²) in [6, 6.07) is 3.12. The topological polar surface area (TPSA) is 68.8 Å². The van der Waals surface area contributed by atoms with Crippen LogP contribution in [-0.2, 0) is 0 Å². The minimum atomic E-state index is -0.220. The van der Waals surface area contributed by atoms with Crippen LogP contribution in [0.3, 0.4) is 0 Å². The second-order valence-corrected chi connectivity index (χ2v) is 4.17. The van der Waals surface area contributed by atoms with Crippen LogP contribution in [0.25, 0.3) is 0 Å². The summed E-state index contributed by atoms with van der Waals surface area (Å²) in [5, 5.41) is 6.17. The number of ketones is 1. The van der Waals surface area contributed by atoms with Gasteiger partial charge in [-0.1, -0.05) is 0 Å². The van der Waals surface area contributed by atoms with Gasteiger partial charge in [-0.3, -0.25) is 10.1 Å². The van der Waals surface area contributed by atoms with Gasteiger partial charge in [-0.15, -0.1) is 0 Å². The molecule has 1 saturated heterocycles. The van der Waals surface area contributed by atoms with Crippen molar-refractivity contribution < 1.29 is 19.0 Å². The first kappa shape index (κ1) is 13.6. The molecule has 1 aliphatic rings. The Morgan fingerprint density at radius 2 is 1.79 bits per heavy atom. The van der Waals surface area contributed by atoms with Crippen molar-refractivity contribution in [1.82, 2.24) is 10.6 Å². The number of nitrogens with one attached hydrogen (secondary N) is 2. The minimum Gasteiger partial charge on any atom is -0.493 e. The van der Waals surface area contributed by atoms with Gasteiger partial charge in [0.25, 0.3) is 0 Å². The van der Waals surface area contributed by atoms with E-state index in [0.29, 0.717) is 36.0 Å². The molecule has 0 saturated carbocycles. The van der Waals surface area contributed by atoms with E-state index in [2.05, 4.69) is 10.6 Å². The molecule has 6 heteroatoms. The van der Waals surface area contributed by atoms with E-state index >= 15 is 0 Å². The summed E-state index contributed by atoms with van der Waals surface area (Å²) in [4.78, 5) is 12.3. The smallest absolute Gasteiger partial charge is 0.203 e. The molecule has 0 amide bonds. The standard InChI is InChI=1S/C13H18N2O4/c1-17-10-4-8(5-11(18-2)13(10)19-3)12(16)9-6-14-7-15-9/h4-5,9,14-15H,6-7H2,1-3H3. The highest BCUT2D eigenvalue weighted by atomic mass is 16.5. The largest absolute Gasteiger partial charge is 0.493 e. The second-order valence-electron chi connectivity index (χ2n) is 4.17. The van der Waals surface area contributed by atoms with E-state index in [1.54, 1.807) is 12.1 Å². The van der Waals surface area contributed by atoms with Crippen molar-refractivity contribution in [1.29, 1.82) is 0 Å². The van der Waals surface area contributed by atoms with Gasteiger partial charge in [0.15, 0.2) is 17.3 Å². The molecule has 0 aliphatic carbocycles. The molecule has 0 bridgehead atoms. The highest BCUT2D eigenvalue weighted by molar-refractivity contribution is 6.01. The van der Waals surface area contributed by atoms with Crippen LogP contribution in [-0.4, -0.2) is 46.4 Å². The van der Waals surface area contributed by atoms with Crippen molar-refractivity contribution in [3.05, 3.63) is 17.7 Å². The average Bonchev–Trinajstić information content (AvgIpc) is 2.98. The van der Waals surface area contributed by atoms with Gasteiger partial charge in [-0.25, -0.2) is 0 Å². The van der Waals surface area contributed by atoms with Crippen LogP contribution in [0, 0.1) is 0 Å². The normalized spacial score (nSPS) is 18.2. The Morgan fingerprint density at radius 3 is 2.21 bits per heavy atom. The number of ether oxygens (including phenoxy) is 3. The molecule has 2 N–H and O–H groups in total. The van der Waals surface area contributed by atoms with Crippen LogP contribution in [0.2, 0.25) is 0 Å². The summed E-state index contributed by atoms with van der Waals surface area (Å²) < 4.78 is 15.7. The number of rotatable bonds is 5. The zero-order chi connectivity index (χ0) is 13.8. The first-order valence-electron chi connectivity index (χ1n) is 5.99. The van der Waals surface area contributed by atoms with Crippen molar-refractivity contribution in [2.24, 2.45) is 0 Å². The van der Waals surface area contributed by atoms with Crippen molar-refractivity contribution in [2.45, 2.75) is 6.04 Å². The zero-order valence-corrected chi connectivity index (χ0v) is 11.3. The number of benzene rings is 1. The monoisotopic (exact) mass is 266 g/mol. The lowest BCUT2D eigenvalue weighted by molar-refractivity contribution is 0.0956. The third kappa shape index (κ3) is 2.64. The van der Waals surface area contributed by atoms with Gasteiger partial charge in [0.2, 0.25) is 5.75 Å². The summed E-state index contributed by atoms with van der Waals surface area (Å²) >= 11 is 0. The van der Waals surface area contributed by atoms with Gasteiger partial charge < -0.3 is 19.5 Å². The second kappa shape index (κ2) is 5.90. The van der Waals surface area contributed by atoms with E-state index in [4.69, 9.17) is 14.2 Å². The van der Waals surface area contributed by atoms with Crippen LogP contribution in [0.15, 0.2) is 12.1 Å². The van der Waals surface area contributed by atoms with Crippen LogP contribution < -0.4 is 24.8 Å². The molecule has 1 unspecified atom stereocenters. The van der Waals surface area contributed by atoms with E-state index in [1.165, 1.54) is 21.3 Å². The van der Waals surface area contributed by atoms with Crippen LogP contribution in [0.1, 0.15) is 10.4 Å². The fraction of sp³-hybridized carbons (Fsp3) is 0.462. The Kier molecular flexibility index (Phi) is 4.24. The SMILES string of the molecule is COc1cc(C(=O)C2CNCN2)cc(OC)c1OC. The highest BCUT2D eigenvalue weighted by Gasteiger charge is 2.25. The Balaban J connectivity index is 2.37. The molecule has 1 atom stereocenters. The van der Waals surface area contributed by atoms with Crippen LogP contribution in [0.5, 0.6) is 17.2 Å². The average molecular weight is 266 g/mol. The number of methoxy groups -OCH3 is 3. The fourth-order valence-corrected chi connectivity index (χ4v) is 2.09. The van der Waals surface area contributed by atoms with Gasteiger partial charge in [0, 0.05) is 18.8 Å². The van der Waals surface area contributed by atoms with Gasteiger partial charge in [0.05, 0.1) is 27.4 Å². The molecule has 1 fully saturated rings. The highest BCUT2D eigenvalue weighted by Crippen LogP contribution is 2.38. The summed E-state index contributed by atoms with van der Waals surface area (Å²) in [6.45, 7) is 1.26. The fourth-order valence-electron chi connectivity index (χ4n) is 2.09. The van der Waals surface area contributed by atoms with E-state index in [0.717, 1.165) is 0 Å². The maximum absolute atomic E-state index is 12.3. The van der Waals surface area contributed by atoms with Crippen molar-refractivity contribution in [3.63, 3.8) is 0 Å². The van der Waals surface area contributed by atoms with E-state index in [9.17, 15) is 4.79 Å². The summed E-state index contributed by atoms with van der Waals surface area (Å²) in [6.07, 6.45) is 0. The predicted molar refractivity (Wildman–Crippen MR) is 70.2 cm³/mol. The third-order valence-corrected chi connectivity index (χ3v) is 3.09. The molecule has 1 heterocycles. The Morgan fingerprint density at radius 1 is 1.16 bits per heavy atom. The first-order chi connectivity index (χ1) is 9.21. The number of hydrogen-bond donors (Lipinski definition) is 2. The number of hydrogen-bond acceptors (Lipinski definition) is 6. The third-order valence-electron chi connectivity index (χ3n) is 3.09. The maximum atomic E-state index is 12.3. The van der Waals surface area contributed by atoms with Crippen LogP contribution in [0.4, 0.5) is 0 Å². The van der Waals surface area contributed by atoms with E-state index < -0.39 is 0 Å². The van der Waals surface area contributed by atoms with Gasteiger partial charge in [0.1, 0.15) is 0 Å². The first-order valence-corrected chi connectivity index (χ1v) is 5.99. The summed E-state index contributed by atoms with van der Waals surface area (Å²) in [5.74, 6) is 1.45. The summed E-state index contributed by atoms with van der Waals surface area (Å²) in [7, 11) is 4.59. The van der Waals surface area contributed by atoms with Gasteiger partial charge in [-0.2, -0.15) is 0 Å². The van der Waals surface area contributed by atoms with E-state index in [1.807, 2.05) is 0 Å². The molecule has 6 nitrogen and oxygen atoms in total. The number of Topliss-reactive ketones (excluding diaryl/α,β-unsaturated/α-hetero) is 1. The maximum Gasteiger partial charge on any atom is 0.203 e. The Bertz CT molecular complexity index is 445. The van der Waals surface area contributed by atoms with Gasteiger partial charge >= 0.3 is 0 Å². The van der Waals surface area contributed by atoms with Gasteiger partial charge in [-0.05, 0) is 12.1 Å². The number of carbonyl (C=O) groups is 1. The lowest BCUT2D eigenvalue weighted by Gasteiger charge is -2.15. The minimum absolute atomic E-state index is 0.00394. The van der Waals surface area contributed by atoms with Crippen molar-refractivity contribution in [3.8, 4) is 17.2 Å². The Labute approximate surface area is 112 Å². The molecule has 19 heavy (non-hydrogen) atoms. The Hall–Kier alpha value is -1.79. The molecule has 104 valence electrons. The molecular formula is C13H18N2O4. The van der Waals surface area contributed by atoms with Crippen molar-refractivity contribution >= 4 is 5.78 Å². The summed E-state index contributed by atoms with van der Waals surface area (Å²) in [5.41, 5.74) is 0.538. The van der Waals surface area contributed by atoms with E-state index in [-0.39, 0.29) is 11.8 Å². The van der Waals surface area contributed by atoms with Crippen molar-refractivity contribution in [2.75, 3.05) is 34.5 Å². The molecule has 1 aliphatic heterocycles.